The van der Waals surface area contributed by atoms with Crippen molar-refractivity contribution in [2.24, 2.45) is 5.73 Å². The Morgan fingerprint density at radius 2 is 2.06 bits per heavy atom. The van der Waals surface area contributed by atoms with Crippen molar-refractivity contribution in [3.63, 3.8) is 0 Å². The maximum absolute atomic E-state index is 12.3. The number of carbonyl (C=O) groups is 1. The molecule has 1 fully saturated rings. The molecule has 1 amide bonds. The summed E-state index contributed by atoms with van der Waals surface area (Å²) in [5.41, 5.74) is 7.18. The summed E-state index contributed by atoms with van der Waals surface area (Å²) in [6.45, 7) is 2.94. The molecule has 0 spiro atoms. The van der Waals surface area contributed by atoms with Crippen LogP contribution in [-0.4, -0.2) is 29.4 Å². The van der Waals surface area contributed by atoms with Gasteiger partial charge >= 0.3 is 0 Å². The van der Waals surface area contributed by atoms with Crippen molar-refractivity contribution >= 4 is 5.91 Å². The summed E-state index contributed by atoms with van der Waals surface area (Å²) >= 11 is 0. The minimum Gasteiger partial charge on any atom is -0.338 e. The van der Waals surface area contributed by atoms with Crippen LogP contribution >= 0.6 is 0 Å². The summed E-state index contributed by atoms with van der Waals surface area (Å²) in [6, 6.07) is 10.0. The van der Waals surface area contributed by atoms with Gasteiger partial charge in [-0.3, -0.25) is 4.79 Å². The number of carbonyl (C=O) groups excluding carboxylic acids is 1. The summed E-state index contributed by atoms with van der Waals surface area (Å²) in [5, 5.41) is 0. The van der Waals surface area contributed by atoms with E-state index in [2.05, 4.69) is 6.92 Å². The topological polar surface area (TPSA) is 46.3 Å². The lowest BCUT2D eigenvalue weighted by Gasteiger charge is -2.25. The van der Waals surface area contributed by atoms with Gasteiger partial charge in [0.15, 0.2) is 0 Å². The molecule has 98 valence electrons. The van der Waals surface area contributed by atoms with Crippen LogP contribution in [0, 0.1) is 0 Å². The van der Waals surface area contributed by atoms with Crippen LogP contribution in [0.3, 0.4) is 0 Å². The predicted octanol–water partition coefficient (Wildman–Crippen LogP) is 1.96. The molecule has 18 heavy (non-hydrogen) atoms. The maximum atomic E-state index is 12.3. The quantitative estimate of drug-likeness (QED) is 0.834. The lowest BCUT2D eigenvalue weighted by atomic mass is 10.1. The SMILES string of the molecule is CCCN(C(=O)[C@@H](N)Cc1ccccc1)C1CC1. The minimum atomic E-state index is -0.403. The fraction of sp³-hybridized carbons (Fsp3) is 0.533. The molecule has 3 heteroatoms. The smallest absolute Gasteiger partial charge is 0.240 e. The van der Waals surface area contributed by atoms with E-state index >= 15 is 0 Å². The Balaban J connectivity index is 1.94. The minimum absolute atomic E-state index is 0.114. The van der Waals surface area contributed by atoms with E-state index in [0.717, 1.165) is 31.4 Å². The number of amides is 1. The Labute approximate surface area is 109 Å². The average molecular weight is 246 g/mol. The van der Waals surface area contributed by atoms with E-state index in [0.29, 0.717) is 12.5 Å². The molecule has 1 saturated carbocycles. The number of rotatable bonds is 6. The van der Waals surface area contributed by atoms with Crippen molar-refractivity contribution in [1.82, 2.24) is 4.90 Å². The molecule has 0 aliphatic heterocycles. The first-order valence-electron chi connectivity index (χ1n) is 6.82. The van der Waals surface area contributed by atoms with Crippen molar-refractivity contribution in [3.8, 4) is 0 Å². The standard InChI is InChI=1S/C15H22N2O/c1-2-10-17(13-8-9-13)15(18)14(16)11-12-6-4-3-5-7-12/h3-7,13-14H,2,8-11,16H2,1H3/t14-/m0/s1. The zero-order chi connectivity index (χ0) is 13.0. The molecular formula is C15H22N2O. The number of nitrogens with zero attached hydrogens (tertiary/aromatic N) is 1. The third-order valence-electron chi connectivity index (χ3n) is 3.35. The monoisotopic (exact) mass is 246 g/mol. The lowest BCUT2D eigenvalue weighted by molar-refractivity contribution is -0.133. The van der Waals surface area contributed by atoms with Gasteiger partial charge in [-0.05, 0) is 31.2 Å². The van der Waals surface area contributed by atoms with Gasteiger partial charge in [0.1, 0.15) is 0 Å². The third-order valence-corrected chi connectivity index (χ3v) is 3.35. The van der Waals surface area contributed by atoms with E-state index in [1.165, 1.54) is 0 Å². The normalized spacial score (nSPS) is 16.3. The molecule has 0 aromatic heterocycles. The van der Waals surface area contributed by atoms with Crippen molar-refractivity contribution in [3.05, 3.63) is 35.9 Å². The molecule has 0 unspecified atom stereocenters. The highest BCUT2D eigenvalue weighted by atomic mass is 16.2. The maximum Gasteiger partial charge on any atom is 0.240 e. The van der Waals surface area contributed by atoms with Crippen LogP contribution in [0.5, 0.6) is 0 Å². The second kappa shape index (κ2) is 6.01. The molecule has 2 N–H and O–H groups in total. The van der Waals surface area contributed by atoms with E-state index in [1.807, 2.05) is 35.2 Å². The van der Waals surface area contributed by atoms with Gasteiger partial charge in [-0.15, -0.1) is 0 Å². The Morgan fingerprint density at radius 1 is 1.39 bits per heavy atom. The first-order chi connectivity index (χ1) is 8.72. The van der Waals surface area contributed by atoms with Gasteiger partial charge in [-0.1, -0.05) is 37.3 Å². The van der Waals surface area contributed by atoms with E-state index in [9.17, 15) is 4.79 Å². The summed E-state index contributed by atoms with van der Waals surface area (Å²) < 4.78 is 0. The van der Waals surface area contributed by atoms with Gasteiger partial charge in [-0.25, -0.2) is 0 Å². The van der Waals surface area contributed by atoms with Crippen molar-refractivity contribution in [1.29, 1.82) is 0 Å². The summed E-state index contributed by atoms with van der Waals surface area (Å²) in [5.74, 6) is 0.114. The molecule has 0 heterocycles. The number of hydrogen-bond acceptors (Lipinski definition) is 2. The van der Waals surface area contributed by atoms with Gasteiger partial charge in [0, 0.05) is 12.6 Å². The first kappa shape index (κ1) is 13.1. The van der Waals surface area contributed by atoms with E-state index < -0.39 is 6.04 Å². The van der Waals surface area contributed by atoms with Crippen LogP contribution in [0.2, 0.25) is 0 Å². The zero-order valence-electron chi connectivity index (χ0n) is 11.0. The molecule has 0 radical (unpaired) electrons. The predicted molar refractivity (Wildman–Crippen MR) is 73.1 cm³/mol. The summed E-state index contributed by atoms with van der Waals surface area (Å²) in [6.07, 6.45) is 3.92. The molecule has 1 atom stereocenters. The third kappa shape index (κ3) is 3.33. The van der Waals surface area contributed by atoms with Crippen LogP contribution in [0.25, 0.3) is 0 Å². The Morgan fingerprint density at radius 3 is 2.61 bits per heavy atom. The number of hydrogen-bond donors (Lipinski definition) is 1. The largest absolute Gasteiger partial charge is 0.338 e. The van der Waals surface area contributed by atoms with Crippen LogP contribution in [0.15, 0.2) is 30.3 Å². The summed E-state index contributed by atoms with van der Waals surface area (Å²) in [7, 11) is 0. The van der Waals surface area contributed by atoms with Crippen molar-refractivity contribution in [2.75, 3.05) is 6.54 Å². The molecule has 1 aromatic rings. The Bertz CT molecular complexity index is 387. The van der Waals surface area contributed by atoms with Crippen LogP contribution < -0.4 is 5.73 Å². The Kier molecular flexibility index (Phi) is 4.37. The zero-order valence-corrected chi connectivity index (χ0v) is 11.0. The molecule has 0 bridgehead atoms. The van der Waals surface area contributed by atoms with E-state index in [1.54, 1.807) is 0 Å². The van der Waals surface area contributed by atoms with Crippen LogP contribution in [0.4, 0.5) is 0 Å². The molecule has 2 rings (SSSR count). The van der Waals surface area contributed by atoms with E-state index in [-0.39, 0.29) is 5.91 Å². The first-order valence-corrected chi connectivity index (χ1v) is 6.82. The summed E-state index contributed by atoms with van der Waals surface area (Å²) in [4.78, 5) is 14.3. The second-order valence-electron chi connectivity index (χ2n) is 5.06. The number of nitrogens with two attached hydrogens (primary N) is 1. The average Bonchev–Trinajstić information content (AvgIpc) is 3.20. The van der Waals surface area contributed by atoms with Crippen LogP contribution in [-0.2, 0) is 11.2 Å². The fourth-order valence-electron chi connectivity index (χ4n) is 2.27. The van der Waals surface area contributed by atoms with Crippen molar-refractivity contribution in [2.45, 2.75) is 44.7 Å². The molecule has 1 aliphatic carbocycles. The van der Waals surface area contributed by atoms with Gasteiger partial charge in [0.2, 0.25) is 5.91 Å². The molecule has 0 saturated heterocycles. The molecule has 1 aromatic carbocycles. The van der Waals surface area contributed by atoms with Crippen LogP contribution in [0.1, 0.15) is 31.7 Å². The lowest BCUT2D eigenvalue weighted by Crippen LogP contribution is -2.46. The number of benzene rings is 1. The van der Waals surface area contributed by atoms with Crippen molar-refractivity contribution < 1.29 is 4.79 Å². The molecular weight excluding hydrogens is 224 g/mol. The Hall–Kier alpha value is -1.35. The van der Waals surface area contributed by atoms with E-state index in [4.69, 9.17) is 5.73 Å². The van der Waals surface area contributed by atoms with Gasteiger partial charge in [0.05, 0.1) is 6.04 Å². The molecule has 1 aliphatic rings. The highest BCUT2D eigenvalue weighted by Gasteiger charge is 2.33. The van der Waals surface area contributed by atoms with Gasteiger partial charge in [0.25, 0.3) is 0 Å². The fourth-order valence-corrected chi connectivity index (χ4v) is 2.27. The molecule has 3 nitrogen and oxygen atoms in total. The highest BCUT2D eigenvalue weighted by Crippen LogP contribution is 2.27. The second-order valence-corrected chi connectivity index (χ2v) is 5.06. The van der Waals surface area contributed by atoms with Gasteiger partial charge < -0.3 is 10.6 Å². The highest BCUT2D eigenvalue weighted by molar-refractivity contribution is 5.82. The van der Waals surface area contributed by atoms with Gasteiger partial charge in [-0.2, -0.15) is 0 Å².